The van der Waals surface area contributed by atoms with E-state index in [0.29, 0.717) is 25.2 Å². The molecular formula is C36H41BN4O6. The van der Waals surface area contributed by atoms with Gasteiger partial charge >= 0.3 is 24.7 Å². The molecule has 0 atom stereocenters. The highest BCUT2D eigenvalue weighted by Gasteiger charge is 2.80. The molecule has 0 radical (unpaired) electrons. The van der Waals surface area contributed by atoms with Gasteiger partial charge in [0.15, 0.2) is 11.1 Å². The van der Waals surface area contributed by atoms with E-state index in [0.717, 1.165) is 48.2 Å². The lowest BCUT2D eigenvalue weighted by Gasteiger charge is -2.54. The predicted octanol–water partition coefficient (Wildman–Crippen LogP) is 4.56. The van der Waals surface area contributed by atoms with Crippen molar-refractivity contribution in [3.63, 3.8) is 0 Å². The molecule has 0 spiro atoms. The molecule has 11 heteroatoms. The van der Waals surface area contributed by atoms with Gasteiger partial charge in [-0.05, 0) is 101 Å². The first-order valence-corrected chi connectivity index (χ1v) is 16.5. The molecule has 47 heavy (non-hydrogen) atoms. The average Bonchev–Trinajstić information content (AvgIpc) is 3.23. The molecule has 2 aromatic heterocycles. The Morgan fingerprint density at radius 3 is 2.26 bits per heavy atom. The van der Waals surface area contributed by atoms with Crippen LogP contribution in [-0.4, -0.2) is 81.8 Å². The number of likely N-dealkylation sites (tertiary alicyclic amines) is 1. The number of benzene rings is 1. The van der Waals surface area contributed by atoms with Crippen molar-refractivity contribution in [1.82, 2.24) is 14.9 Å². The number of ether oxygens (including phenoxy) is 1. The highest BCUT2D eigenvalue weighted by Crippen LogP contribution is 2.52. The number of pyridine rings is 2. The Morgan fingerprint density at radius 2 is 1.62 bits per heavy atom. The summed E-state index contributed by atoms with van der Waals surface area (Å²) in [5.74, 6) is -0.801. The summed E-state index contributed by atoms with van der Waals surface area (Å²) in [4.78, 5) is 50.2. The fourth-order valence-electron chi connectivity index (χ4n) is 8.22. The molecule has 4 aliphatic rings. The number of hydrogen-bond donors (Lipinski definition) is 0. The summed E-state index contributed by atoms with van der Waals surface area (Å²) in [6.45, 7) is 8.14. The molecule has 3 aromatic rings. The molecule has 0 bridgehead atoms. The lowest BCUT2D eigenvalue weighted by Crippen LogP contribution is -2.78. The molecule has 3 aliphatic heterocycles. The topological polar surface area (TPSA) is 108 Å². The minimum atomic E-state index is -2.51. The third-order valence-electron chi connectivity index (χ3n) is 11.5. The number of likely N-dealkylation sites (N-methyl/N-ethyl adjacent to an activating group) is 1. The van der Waals surface area contributed by atoms with Crippen LogP contribution in [0.2, 0.25) is 0 Å². The van der Waals surface area contributed by atoms with Gasteiger partial charge in [0.1, 0.15) is 0 Å². The third kappa shape index (κ3) is 4.31. The molecule has 1 aromatic carbocycles. The maximum absolute atomic E-state index is 13.2. The molecule has 0 N–H and O–H groups in total. The number of aryl methyl sites for hydroxylation is 2. The van der Waals surface area contributed by atoms with Crippen molar-refractivity contribution in [2.75, 3.05) is 26.7 Å². The fourth-order valence-corrected chi connectivity index (χ4v) is 8.22. The minimum absolute atomic E-state index is 0.0128. The molecule has 3 saturated heterocycles. The first-order chi connectivity index (χ1) is 22.4. The smallest absolute Gasteiger partial charge is 0.596 e. The van der Waals surface area contributed by atoms with Gasteiger partial charge in [0.05, 0.1) is 18.0 Å². The number of amides is 1. The van der Waals surface area contributed by atoms with Crippen LogP contribution in [0.25, 0.3) is 16.8 Å². The normalized spacial score (nSPS) is 25.7. The van der Waals surface area contributed by atoms with Gasteiger partial charge < -0.3 is 23.3 Å². The lowest BCUT2D eigenvalue weighted by atomic mass is 9.58. The molecule has 1 aliphatic carbocycles. The van der Waals surface area contributed by atoms with E-state index >= 15 is 0 Å². The first kappa shape index (κ1) is 31.1. The van der Waals surface area contributed by atoms with Crippen molar-refractivity contribution in [2.24, 2.45) is 0 Å². The number of aromatic nitrogens is 2. The standard InChI is InChI=1S/C36H41BN4O6/c1-7-45-34(44)40-19-16-23(17-20-40)30-28-14-12-26(21-25(28)11-10-24-9-8-18-38-31(24)30)29-15-13-27(22-39-29)37-41(6,35(2,3)32(42)46-37)36(4,5)33(43)47-37/h8-9,12-15,18,21-22H,7,10-11,16-17,19-20H2,1-6H3. The molecule has 0 unspecified atom stereocenters. The van der Waals surface area contributed by atoms with Gasteiger partial charge in [0, 0.05) is 43.7 Å². The van der Waals surface area contributed by atoms with Gasteiger partial charge in [-0.1, -0.05) is 29.8 Å². The fraction of sp³-hybridized carbons (Fsp3) is 0.417. The van der Waals surface area contributed by atoms with Gasteiger partial charge in [0.2, 0.25) is 0 Å². The van der Waals surface area contributed by atoms with Crippen LogP contribution in [-0.2, 0) is 36.5 Å². The van der Waals surface area contributed by atoms with Crippen molar-refractivity contribution >= 4 is 35.8 Å². The van der Waals surface area contributed by atoms with Crippen molar-refractivity contribution in [3.8, 4) is 11.3 Å². The Kier molecular flexibility index (Phi) is 7.13. The van der Waals surface area contributed by atoms with E-state index in [1.165, 1.54) is 22.3 Å². The van der Waals surface area contributed by atoms with Crippen molar-refractivity contribution in [3.05, 3.63) is 82.8 Å². The van der Waals surface area contributed by atoms with Crippen LogP contribution in [0.1, 0.15) is 69.8 Å². The summed E-state index contributed by atoms with van der Waals surface area (Å²) in [6, 6.07) is 14.4. The number of nitrogens with zero attached hydrogens (tertiary/aromatic N) is 4. The molecule has 7 rings (SSSR count). The van der Waals surface area contributed by atoms with Crippen LogP contribution >= 0.6 is 0 Å². The molecular weight excluding hydrogens is 595 g/mol. The zero-order valence-corrected chi connectivity index (χ0v) is 28.0. The number of fused-ring (bicyclic) bond motifs is 3. The summed E-state index contributed by atoms with van der Waals surface area (Å²) < 4.78 is 17.3. The molecule has 244 valence electrons. The highest BCUT2D eigenvalue weighted by molar-refractivity contribution is 6.79. The Labute approximate surface area is 275 Å². The van der Waals surface area contributed by atoms with Gasteiger partial charge in [-0.15, -0.1) is 0 Å². The second kappa shape index (κ2) is 10.8. The summed E-state index contributed by atoms with van der Waals surface area (Å²) in [7, 11) is 1.87. The Hall–Kier alpha value is -4.51. The quantitative estimate of drug-likeness (QED) is 0.386. The summed E-state index contributed by atoms with van der Waals surface area (Å²) in [5.41, 5.74) is 7.39. The Morgan fingerprint density at radius 1 is 0.936 bits per heavy atom. The summed E-state index contributed by atoms with van der Waals surface area (Å²) in [6.07, 6.45) is 6.52. The monoisotopic (exact) mass is 636 g/mol. The average molecular weight is 637 g/mol. The van der Waals surface area contributed by atoms with Gasteiger partial charge in [0.25, 0.3) is 0 Å². The molecule has 3 fully saturated rings. The number of rotatable bonds is 3. The van der Waals surface area contributed by atoms with Crippen molar-refractivity contribution in [2.45, 2.75) is 71.4 Å². The van der Waals surface area contributed by atoms with E-state index < -0.39 is 29.7 Å². The van der Waals surface area contributed by atoms with Gasteiger partial charge in [-0.25, -0.2) is 14.4 Å². The number of carbonyl (C=O) groups is 3. The van der Waals surface area contributed by atoms with Crippen molar-refractivity contribution < 1.29 is 32.8 Å². The number of carbonyl (C=O) groups excluding carboxylic acids is 3. The van der Waals surface area contributed by atoms with Crippen LogP contribution in [0.4, 0.5) is 4.79 Å². The number of quaternary nitrogens is 1. The van der Waals surface area contributed by atoms with E-state index in [9.17, 15) is 14.4 Å². The zero-order valence-electron chi connectivity index (χ0n) is 28.0. The maximum Gasteiger partial charge on any atom is 0.616 e. The molecule has 1 amide bonds. The number of piperidine rings is 1. The highest BCUT2D eigenvalue weighted by atomic mass is 16.7. The molecule has 5 heterocycles. The first-order valence-electron chi connectivity index (χ1n) is 16.5. The number of hydrogen-bond acceptors (Lipinski definition) is 8. The van der Waals surface area contributed by atoms with Crippen LogP contribution in [0.15, 0.2) is 60.4 Å². The Bertz CT molecular complexity index is 1810. The minimum Gasteiger partial charge on any atom is -0.596 e. The van der Waals surface area contributed by atoms with E-state index in [1.54, 1.807) is 38.8 Å². The Balaban J connectivity index is 1.24. The molecule has 10 nitrogen and oxygen atoms in total. The third-order valence-corrected chi connectivity index (χ3v) is 11.5. The van der Waals surface area contributed by atoms with Crippen LogP contribution in [0.5, 0.6) is 0 Å². The van der Waals surface area contributed by atoms with Crippen molar-refractivity contribution in [1.29, 1.82) is 0 Å². The van der Waals surface area contributed by atoms with Crippen LogP contribution < -0.4 is 5.46 Å². The second-order valence-electron chi connectivity index (χ2n) is 14.2. The second-order valence-corrected chi connectivity index (χ2v) is 14.2. The van der Waals surface area contributed by atoms with E-state index in [4.69, 9.17) is 24.0 Å². The SMILES string of the molecule is CCOC(=O)N1CCC(=C2c3ccc(-c4ccc([B-]56OC(=O)C(C)(C)[N+]5(C)C(C)(C)C(=O)O6)cn4)cc3CCc3cccnc32)CC1. The van der Waals surface area contributed by atoms with Crippen LogP contribution in [0, 0.1) is 0 Å². The lowest BCUT2D eigenvalue weighted by molar-refractivity contribution is -0.885. The van der Waals surface area contributed by atoms with Gasteiger partial charge in [-0.2, -0.15) is 0 Å². The van der Waals surface area contributed by atoms with E-state index in [1.807, 2.05) is 38.4 Å². The summed E-state index contributed by atoms with van der Waals surface area (Å²) in [5, 5.41) is 0. The summed E-state index contributed by atoms with van der Waals surface area (Å²) >= 11 is 0. The largest absolute Gasteiger partial charge is 0.616 e. The van der Waals surface area contributed by atoms with E-state index in [-0.39, 0.29) is 10.5 Å². The maximum atomic E-state index is 13.2. The van der Waals surface area contributed by atoms with E-state index in [2.05, 4.69) is 24.3 Å². The van der Waals surface area contributed by atoms with Crippen LogP contribution in [0.3, 0.4) is 0 Å². The van der Waals surface area contributed by atoms with Gasteiger partial charge in [-0.3, -0.25) is 9.97 Å². The predicted molar refractivity (Wildman–Crippen MR) is 177 cm³/mol. The molecule has 0 saturated carbocycles. The zero-order chi connectivity index (χ0) is 33.4.